The van der Waals surface area contributed by atoms with Crippen LogP contribution in [-0.2, 0) is 14.3 Å². The number of esters is 1. The monoisotopic (exact) mass is 325 g/mol. The second-order valence-electron chi connectivity index (χ2n) is 4.59. The molecule has 2 unspecified atom stereocenters. The van der Waals surface area contributed by atoms with E-state index >= 15 is 0 Å². The number of nitrogens with zero attached hydrogens (tertiary/aromatic N) is 1. The van der Waals surface area contributed by atoms with Gasteiger partial charge in [-0.05, 0) is 31.5 Å². The summed E-state index contributed by atoms with van der Waals surface area (Å²) in [5, 5.41) is 11.8. The first-order chi connectivity index (χ1) is 10.3. The van der Waals surface area contributed by atoms with Crippen LogP contribution in [0.15, 0.2) is 36.4 Å². The van der Waals surface area contributed by atoms with Crippen molar-refractivity contribution in [3.63, 3.8) is 0 Å². The lowest BCUT2D eigenvalue weighted by Gasteiger charge is -2.21. The van der Waals surface area contributed by atoms with Crippen molar-refractivity contribution in [3.8, 4) is 0 Å². The SMILES string of the molecule is C=C(C(C)=O)C(c1ccc(Cl)cc1)C(C(=O)OCC)[N+](=O)[O-]. The van der Waals surface area contributed by atoms with E-state index in [1.54, 1.807) is 6.92 Å². The summed E-state index contributed by atoms with van der Waals surface area (Å²) >= 11 is 5.80. The Labute approximate surface area is 132 Å². The van der Waals surface area contributed by atoms with Crippen molar-refractivity contribution in [2.45, 2.75) is 25.8 Å². The molecule has 7 heteroatoms. The molecular weight excluding hydrogens is 310 g/mol. The minimum atomic E-state index is -1.74. The van der Waals surface area contributed by atoms with Gasteiger partial charge in [-0.25, -0.2) is 4.79 Å². The first-order valence-electron chi connectivity index (χ1n) is 6.54. The highest BCUT2D eigenvalue weighted by molar-refractivity contribution is 6.30. The van der Waals surface area contributed by atoms with E-state index < -0.39 is 28.6 Å². The number of nitro groups is 1. The molecule has 0 bridgehead atoms. The van der Waals surface area contributed by atoms with Gasteiger partial charge in [0.25, 0.3) is 0 Å². The molecule has 0 spiro atoms. The maximum atomic E-state index is 12.0. The van der Waals surface area contributed by atoms with Crippen LogP contribution in [0.25, 0.3) is 0 Å². The largest absolute Gasteiger partial charge is 0.461 e. The van der Waals surface area contributed by atoms with E-state index in [2.05, 4.69) is 6.58 Å². The van der Waals surface area contributed by atoms with Crippen molar-refractivity contribution in [2.24, 2.45) is 0 Å². The Bertz CT molecular complexity index is 596. The van der Waals surface area contributed by atoms with E-state index in [-0.39, 0.29) is 12.2 Å². The molecule has 118 valence electrons. The molecule has 0 aliphatic rings. The predicted molar refractivity (Wildman–Crippen MR) is 81.4 cm³/mol. The maximum Gasteiger partial charge on any atom is 0.382 e. The van der Waals surface area contributed by atoms with Gasteiger partial charge in [0.1, 0.15) is 0 Å². The zero-order valence-corrected chi connectivity index (χ0v) is 13.0. The summed E-state index contributed by atoms with van der Waals surface area (Å²) in [5.74, 6) is -2.55. The normalized spacial score (nSPS) is 13.0. The average Bonchev–Trinajstić information content (AvgIpc) is 2.44. The van der Waals surface area contributed by atoms with Crippen LogP contribution >= 0.6 is 11.6 Å². The third-order valence-electron chi connectivity index (χ3n) is 3.13. The van der Waals surface area contributed by atoms with E-state index in [4.69, 9.17) is 16.3 Å². The van der Waals surface area contributed by atoms with Gasteiger partial charge in [0, 0.05) is 15.5 Å². The van der Waals surface area contributed by atoms with Crippen molar-refractivity contribution in [1.29, 1.82) is 0 Å². The summed E-state index contributed by atoms with van der Waals surface area (Å²) in [4.78, 5) is 34.2. The highest BCUT2D eigenvalue weighted by Crippen LogP contribution is 2.31. The van der Waals surface area contributed by atoms with E-state index in [9.17, 15) is 19.7 Å². The number of rotatable bonds is 7. The summed E-state index contributed by atoms with van der Waals surface area (Å²) in [6, 6.07) is 4.37. The summed E-state index contributed by atoms with van der Waals surface area (Å²) in [6.45, 7) is 6.40. The lowest BCUT2D eigenvalue weighted by molar-refractivity contribution is -0.513. The minimum absolute atomic E-state index is 0.00303. The minimum Gasteiger partial charge on any atom is -0.461 e. The molecule has 0 fully saturated rings. The van der Waals surface area contributed by atoms with Crippen LogP contribution in [0.2, 0.25) is 5.02 Å². The Kier molecular flexibility index (Phi) is 6.24. The van der Waals surface area contributed by atoms with Gasteiger partial charge >= 0.3 is 12.0 Å². The fraction of sp³-hybridized carbons (Fsp3) is 0.333. The quantitative estimate of drug-likeness (QED) is 0.333. The Morgan fingerprint density at radius 2 is 1.91 bits per heavy atom. The van der Waals surface area contributed by atoms with Crippen molar-refractivity contribution in [1.82, 2.24) is 0 Å². The van der Waals surface area contributed by atoms with Crippen molar-refractivity contribution in [2.75, 3.05) is 6.61 Å². The van der Waals surface area contributed by atoms with Gasteiger partial charge in [0.05, 0.1) is 12.5 Å². The van der Waals surface area contributed by atoms with Crippen LogP contribution in [-0.4, -0.2) is 29.3 Å². The first kappa shape index (κ1) is 17.8. The Hall–Kier alpha value is -2.21. The molecule has 1 aromatic carbocycles. The van der Waals surface area contributed by atoms with E-state index in [1.165, 1.54) is 31.2 Å². The Morgan fingerprint density at radius 1 is 1.36 bits per heavy atom. The van der Waals surface area contributed by atoms with Crippen LogP contribution in [0.5, 0.6) is 0 Å². The number of hydrogen-bond acceptors (Lipinski definition) is 5. The lowest BCUT2D eigenvalue weighted by Crippen LogP contribution is -2.39. The molecule has 0 N–H and O–H groups in total. The molecule has 0 aliphatic carbocycles. The van der Waals surface area contributed by atoms with Gasteiger partial charge in [0.15, 0.2) is 5.78 Å². The molecule has 6 nitrogen and oxygen atoms in total. The second kappa shape index (κ2) is 7.70. The van der Waals surface area contributed by atoms with Gasteiger partial charge in [-0.3, -0.25) is 14.9 Å². The molecule has 0 amide bonds. The number of carbonyl (C=O) groups is 2. The van der Waals surface area contributed by atoms with Gasteiger partial charge in [-0.1, -0.05) is 30.3 Å². The molecule has 1 rings (SSSR count). The standard InChI is InChI=1S/C15H16ClNO5/c1-4-22-15(19)14(17(20)21)13(9(2)10(3)18)11-5-7-12(16)8-6-11/h5-8,13-14H,2,4H2,1,3H3. The first-order valence-corrected chi connectivity index (χ1v) is 6.92. The van der Waals surface area contributed by atoms with Crippen LogP contribution in [0.3, 0.4) is 0 Å². The molecule has 1 aromatic rings. The van der Waals surface area contributed by atoms with E-state index in [0.29, 0.717) is 10.6 Å². The molecule has 0 heterocycles. The number of benzene rings is 1. The van der Waals surface area contributed by atoms with Gasteiger partial charge < -0.3 is 4.74 Å². The summed E-state index contributed by atoms with van der Waals surface area (Å²) < 4.78 is 4.76. The van der Waals surface area contributed by atoms with Crippen molar-refractivity contribution < 1.29 is 19.2 Å². The lowest BCUT2D eigenvalue weighted by atomic mass is 9.84. The molecule has 0 aromatic heterocycles. The molecule has 0 radical (unpaired) electrons. The topological polar surface area (TPSA) is 86.5 Å². The second-order valence-corrected chi connectivity index (χ2v) is 5.03. The zero-order valence-electron chi connectivity index (χ0n) is 12.2. The van der Waals surface area contributed by atoms with Gasteiger partial charge in [-0.2, -0.15) is 0 Å². The highest BCUT2D eigenvalue weighted by atomic mass is 35.5. The molecule has 0 saturated carbocycles. The number of ether oxygens (including phenoxy) is 1. The molecule has 0 saturated heterocycles. The number of Topliss-reactive ketones (excluding diaryl/α,β-unsaturated/α-hetero) is 1. The molecule has 22 heavy (non-hydrogen) atoms. The van der Waals surface area contributed by atoms with Crippen LogP contribution < -0.4 is 0 Å². The predicted octanol–water partition coefficient (Wildman–Crippen LogP) is 2.78. The number of halogens is 1. The Balaban J connectivity index is 3.37. The van der Waals surface area contributed by atoms with Crippen LogP contribution in [0.1, 0.15) is 25.3 Å². The average molecular weight is 326 g/mol. The number of hydrogen-bond donors (Lipinski definition) is 0. The molecular formula is C15H16ClNO5. The summed E-state index contributed by atoms with van der Waals surface area (Å²) in [7, 11) is 0. The highest BCUT2D eigenvalue weighted by Gasteiger charge is 2.43. The number of ketones is 1. The van der Waals surface area contributed by atoms with E-state index in [1.807, 2.05) is 0 Å². The van der Waals surface area contributed by atoms with Crippen molar-refractivity contribution >= 4 is 23.4 Å². The summed E-state index contributed by atoms with van der Waals surface area (Å²) in [5.41, 5.74) is 0.372. The third-order valence-corrected chi connectivity index (χ3v) is 3.38. The fourth-order valence-corrected chi connectivity index (χ4v) is 2.16. The van der Waals surface area contributed by atoms with Crippen LogP contribution in [0, 0.1) is 10.1 Å². The Morgan fingerprint density at radius 3 is 2.32 bits per heavy atom. The third kappa shape index (κ3) is 4.14. The maximum absolute atomic E-state index is 12.0. The van der Waals surface area contributed by atoms with Crippen molar-refractivity contribution in [3.05, 3.63) is 57.1 Å². The van der Waals surface area contributed by atoms with Gasteiger partial charge in [0.2, 0.25) is 0 Å². The molecule has 0 aliphatic heterocycles. The number of carbonyl (C=O) groups excluding carboxylic acids is 2. The smallest absolute Gasteiger partial charge is 0.382 e. The fourth-order valence-electron chi connectivity index (χ4n) is 2.03. The zero-order chi connectivity index (χ0) is 16.9. The van der Waals surface area contributed by atoms with E-state index in [0.717, 1.165) is 0 Å². The molecule has 2 atom stereocenters. The summed E-state index contributed by atoms with van der Waals surface area (Å²) in [6.07, 6.45) is 0. The van der Waals surface area contributed by atoms with Crippen LogP contribution in [0.4, 0.5) is 0 Å². The van der Waals surface area contributed by atoms with Gasteiger partial charge in [-0.15, -0.1) is 0 Å².